The van der Waals surface area contributed by atoms with Gasteiger partial charge in [-0.2, -0.15) is 16.1 Å². The van der Waals surface area contributed by atoms with Gasteiger partial charge in [0.15, 0.2) is 0 Å². The fraction of sp³-hybridized carbons (Fsp3) is 0.143. The Labute approximate surface area is 67.9 Å². The van der Waals surface area contributed by atoms with E-state index in [1.807, 2.05) is 16.8 Å². The molecule has 0 N–H and O–H groups in total. The zero-order valence-electron chi connectivity index (χ0n) is 5.73. The predicted octanol–water partition coefficient (Wildman–Crippen LogP) is 1.16. The SMILES string of the molecule is [N-]=[N+]=CC(=O)Cc1ccsc1. The Bertz CT molecular complexity index is 285. The van der Waals surface area contributed by atoms with E-state index >= 15 is 0 Å². The van der Waals surface area contributed by atoms with Crippen molar-refractivity contribution in [3.05, 3.63) is 27.9 Å². The molecule has 0 radical (unpaired) electrons. The number of thiophene rings is 1. The van der Waals surface area contributed by atoms with Gasteiger partial charge < -0.3 is 5.53 Å². The van der Waals surface area contributed by atoms with Crippen molar-refractivity contribution in [2.45, 2.75) is 6.42 Å². The molecule has 0 bridgehead atoms. The molecule has 0 saturated heterocycles. The standard InChI is InChI=1S/C7H6N2OS/c8-9-4-7(10)3-6-1-2-11-5-6/h1-2,4-5H,3H2. The minimum atomic E-state index is -0.189. The summed E-state index contributed by atoms with van der Waals surface area (Å²) in [5, 5.41) is 3.79. The Morgan fingerprint density at radius 2 is 2.64 bits per heavy atom. The van der Waals surface area contributed by atoms with Crippen molar-refractivity contribution in [2.24, 2.45) is 0 Å². The maximum absolute atomic E-state index is 10.8. The van der Waals surface area contributed by atoms with E-state index in [9.17, 15) is 4.79 Å². The summed E-state index contributed by atoms with van der Waals surface area (Å²) in [6, 6.07) is 1.87. The van der Waals surface area contributed by atoms with Crippen LogP contribution in [0.5, 0.6) is 0 Å². The number of ketones is 1. The molecular weight excluding hydrogens is 160 g/mol. The average molecular weight is 166 g/mol. The minimum absolute atomic E-state index is 0.189. The number of hydrogen-bond donors (Lipinski definition) is 0. The summed E-state index contributed by atoms with van der Waals surface area (Å²) in [4.78, 5) is 13.5. The summed E-state index contributed by atoms with van der Waals surface area (Å²) in [5.41, 5.74) is 8.97. The van der Waals surface area contributed by atoms with E-state index in [4.69, 9.17) is 5.53 Å². The Morgan fingerprint density at radius 1 is 1.82 bits per heavy atom. The molecule has 11 heavy (non-hydrogen) atoms. The average Bonchev–Trinajstić information content (AvgIpc) is 2.40. The third-order valence-electron chi connectivity index (χ3n) is 1.16. The molecule has 3 nitrogen and oxygen atoms in total. The van der Waals surface area contributed by atoms with Gasteiger partial charge in [-0.25, -0.2) is 0 Å². The predicted molar refractivity (Wildman–Crippen MR) is 42.7 cm³/mol. The van der Waals surface area contributed by atoms with Crippen LogP contribution in [0.2, 0.25) is 0 Å². The topological polar surface area (TPSA) is 53.5 Å². The zero-order chi connectivity index (χ0) is 8.10. The first-order valence-corrected chi connectivity index (χ1v) is 3.98. The number of rotatable bonds is 3. The molecule has 0 aliphatic heterocycles. The molecule has 1 aromatic rings. The van der Waals surface area contributed by atoms with Crippen LogP contribution in [0.1, 0.15) is 5.56 Å². The molecule has 0 aliphatic rings. The highest BCUT2D eigenvalue weighted by molar-refractivity contribution is 7.08. The van der Waals surface area contributed by atoms with Gasteiger partial charge in [-0.05, 0) is 22.4 Å². The van der Waals surface area contributed by atoms with E-state index in [0.29, 0.717) is 6.42 Å². The monoisotopic (exact) mass is 166 g/mol. The van der Waals surface area contributed by atoms with Crippen LogP contribution in [0.15, 0.2) is 16.8 Å². The van der Waals surface area contributed by atoms with Crippen molar-refractivity contribution >= 4 is 23.3 Å². The van der Waals surface area contributed by atoms with Gasteiger partial charge in [0, 0.05) is 6.42 Å². The summed E-state index contributed by atoms with van der Waals surface area (Å²) in [5.74, 6) is -0.189. The number of carbonyl (C=O) groups is 1. The molecular formula is C7H6N2OS. The quantitative estimate of drug-likeness (QED) is 0.377. The second-order valence-corrected chi connectivity index (χ2v) is 2.80. The van der Waals surface area contributed by atoms with Crippen LogP contribution in [0.3, 0.4) is 0 Å². The normalized spacial score (nSPS) is 8.73. The van der Waals surface area contributed by atoms with Crippen molar-refractivity contribution in [3.8, 4) is 0 Å². The Morgan fingerprint density at radius 3 is 3.18 bits per heavy atom. The maximum atomic E-state index is 10.8. The Balaban J connectivity index is 2.57. The third kappa shape index (κ3) is 2.45. The smallest absolute Gasteiger partial charge is 0.323 e. The largest absolute Gasteiger partial charge is 0.361 e. The second kappa shape index (κ2) is 3.81. The number of carbonyl (C=O) groups excluding carboxylic acids is 1. The molecule has 1 rings (SSSR count). The van der Waals surface area contributed by atoms with Gasteiger partial charge >= 0.3 is 6.21 Å². The van der Waals surface area contributed by atoms with E-state index in [1.165, 1.54) is 0 Å². The molecule has 0 spiro atoms. The maximum Gasteiger partial charge on any atom is 0.323 e. The zero-order valence-corrected chi connectivity index (χ0v) is 6.54. The lowest BCUT2D eigenvalue weighted by Crippen LogP contribution is -2.02. The lowest BCUT2D eigenvalue weighted by Gasteiger charge is -1.84. The van der Waals surface area contributed by atoms with Crippen LogP contribution < -0.4 is 0 Å². The van der Waals surface area contributed by atoms with E-state index in [1.54, 1.807) is 11.3 Å². The van der Waals surface area contributed by atoms with Crippen LogP contribution in [0.4, 0.5) is 0 Å². The molecule has 0 amide bonds. The highest BCUT2D eigenvalue weighted by atomic mass is 32.1. The van der Waals surface area contributed by atoms with E-state index in [2.05, 4.69) is 4.79 Å². The van der Waals surface area contributed by atoms with Gasteiger partial charge in [0.1, 0.15) is 0 Å². The molecule has 0 saturated carbocycles. The van der Waals surface area contributed by atoms with Gasteiger partial charge in [0.2, 0.25) is 5.78 Å². The van der Waals surface area contributed by atoms with Crippen LogP contribution in [-0.4, -0.2) is 16.8 Å². The first kappa shape index (κ1) is 7.85. The van der Waals surface area contributed by atoms with Gasteiger partial charge in [-0.3, -0.25) is 4.79 Å². The minimum Gasteiger partial charge on any atom is -0.361 e. The second-order valence-electron chi connectivity index (χ2n) is 2.02. The van der Waals surface area contributed by atoms with Gasteiger partial charge in [-0.15, -0.1) is 0 Å². The first-order valence-electron chi connectivity index (χ1n) is 3.04. The van der Waals surface area contributed by atoms with E-state index < -0.39 is 0 Å². The molecule has 0 aliphatic carbocycles. The molecule has 0 unspecified atom stereocenters. The Kier molecular flexibility index (Phi) is 2.72. The molecule has 0 atom stereocenters. The number of nitrogens with zero attached hydrogens (tertiary/aromatic N) is 2. The van der Waals surface area contributed by atoms with Gasteiger partial charge in [0.25, 0.3) is 0 Å². The molecule has 1 heterocycles. The van der Waals surface area contributed by atoms with Crippen molar-refractivity contribution in [1.82, 2.24) is 0 Å². The fourth-order valence-corrected chi connectivity index (χ4v) is 1.37. The van der Waals surface area contributed by atoms with E-state index in [-0.39, 0.29) is 5.78 Å². The summed E-state index contributed by atoms with van der Waals surface area (Å²) in [6.45, 7) is 0. The molecule has 4 heteroatoms. The summed E-state index contributed by atoms with van der Waals surface area (Å²) < 4.78 is 0. The number of Topliss-reactive ketones (excluding diaryl/α,β-unsaturated/α-hetero) is 1. The molecule has 0 aromatic carbocycles. The van der Waals surface area contributed by atoms with Crippen LogP contribution >= 0.6 is 11.3 Å². The summed E-state index contributed by atoms with van der Waals surface area (Å²) in [7, 11) is 0. The summed E-state index contributed by atoms with van der Waals surface area (Å²) >= 11 is 1.54. The van der Waals surface area contributed by atoms with Crippen molar-refractivity contribution in [3.63, 3.8) is 0 Å². The van der Waals surface area contributed by atoms with Gasteiger partial charge in [-0.1, -0.05) is 0 Å². The third-order valence-corrected chi connectivity index (χ3v) is 1.89. The van der Waals surface area contributed by atoms with Crippen molar-refractivity contribution in [2.75, 3.05) is 0 Å². The fourth-order valence-electron chi connectivity index (χ4n) is 0.704. The molecule has 56 valence electrons. The Hall–Kier alpha value is -1.25. The lowest BCUT2D eigenvalue weighted by molar-refractivity contribution is -0.115. The van der Waals surface area contributed by atoms with Crippen LogP contribution in [0, 0.1) is 0 Å². The number of hydrogen-bond acceptors (Lipinski definition) is 2. The van der Waals surface area contributed by atoms with Crippen LogP contribution in [-0.2, 0) is 11.2 Å². The van der Waals surface area contributed by atoms with Crippen molar-refractivity contribution < 1.29 is 9.58 Å². The lowest BCUT2D eigenvalue weighted by atomic mass is 10.2. The van der Waals surface area contributed by atoms with Crippen LogP contribution in [0.25, 0.3) is 5.53 Å². The molecule has 0 fully saturated rings. The highest BCUT2D eigenvalue weighted by Crippen LogP contribution is 2.05. The summed E-state index contributed by atoms with van der Waals surface area (Å²) in [6.07, 6.45) is 1.23. The van der Waals surface area contributed by atoms with E-state index in [0.717, 1.165) is 11.8 Å². The van der Waals surface area contributed by atoms with Gasteiger partial charge in [0.05, 0.1) is 0 Å². The molecule has 1 aromatic heterocycles. The van der Waals surface area contributed by atoms with Crippen molar-refractivity contribution in [1.29, 1.82) is 0 Å². The highest BCUT2D eigenvalue weighted by Gasteiger charge is 2.03. The first-order chi connectivity index (χ1) is 5.33.